The van der Waals surface area contributed by atoms with Gasteiger partial charge >= 0.3 is 0 Å². The van der Waals surface area contributed by atoms with E-state index >= 15 is 0 Å². The van der Waals surface area contributed by atoms with Crippen molar-refractivity contribution in [3.05, 3.63) is 77.9 Å². The van der Waals surface area contributed by atoms with Crippen LogP contribution in [0.1, 0.15) is 56.1 Å². The zero-order valence-electron chi connectivity index (χ0n) is 18.8. The van der Waals surface area contributed by atoms with Gasteiger partial charge in [-0.2, -0.15) is 5.10 Å². The van der Waals surface area contributed by atoms with E-state index in [0.717, 1.165) is 24.8 Å². The monoisotopic (exact) mass is 435 g/mol. The molecule has 4 rings (SSSR count). The van der Waals surface area contributed by atoms with E-state index in [-0.39, 0.29) is 28.9 Å². The molecule has 2 unspecified atom stereocenters. The van der Waals surface area contributed by atoms with Gasteiger partial charge in [-0.1, -0.05) is 51.1 Å². The zero-order chi connectivity index (χ0) is 22.7. The van der Waals surface area contributed by atoms with Gasteiger partial charge in [-0.15, -0.1) is 0 Å². The quantitative estimate of drug-likeness (QED) is 0.553. The minimum atomic E-state index is -0.326. The van der Waals surface area contributed by atoms with E-state index in [4.69, 9.17) is 4.74 Å². The Hall–Kier alpha value is -3.15. The van der Waals surface area contributed by atoms with Gasteiger partial charge in [0.05, 0.1) is 11.9 Å². The number of halogens is 1. The summed E-state index contributed by atoms with van der Waals surface area (Å²) in [5.41, 5.74) is 2.08. The SMILES string of the molecule is CC1CC(NC(=O)c2nn(-c3ccc(F)cc3)cc2OCc2ccccc2)CC(C)(C)C1. The Morgan fingerprint density at radius 3 is 2.56 bits per heavy atom. The minimum Gasteiger partial charge on any atom is -0.485 e. The predicted octanol–water partition coefficient (Wildman–Crippen LogP) is 5.54. The summed E-state index contributed by atoms with van der Waals surface area (Å²) in [5.74, 6) is 0.380. The minimum absolute atomic E-state index is 0.0965. The molecule has 0 spiro atoms. The third-order valence-electron chi connectivity index (χ3n) is 5.95. The van der Waals surface area contributed by atoms with Gasteiger partial charge in [0, 0.05) is 6.04 Å². The topological polar surface area (TPSA) is 56.2 Å². The van der Waals surface area contributed by atoms with Crippen molar-refractivity contribution in [1.29, 1.82) is 0 Å². The van der Waals surface area contributed by atoms with Crippen molar-refractivity contribution < 1.29 is 13.9 Å². The summed E-state index contributed by atoms with van der Waals surface area (Å²) in [6, 6.07) is 15.8. The Morgan fingerprint density at radius 1 is 1.16 bits per heavy atom. The number of amides is 1. The lowest BCUT2D eigenvalue weighted by Gasteiger charge is -2.39. The first kappa shape index (κ1) is 22.1. The fraction of sp³-hybridized carbons (Fsp3) is 0.385. The van der Waals surface area contributed by atoms with E-state index < -0.39 is 0 Å². The number of nitrogens with one attached hydrogen (secondary N) is 1. The third kappa shape index (κ3) is 5.36. The molecule has 1 aliphatic carbocycles. The number of rotatable bonds is 6. The molecule has 32 heavy (non-hydrogen) atoms. The molecule has 3 aromatic rings. The maximum atomic E-state index is 13.4. The predicted molar refractivity (Wildman–Crippen MR) is 122 cm³/mol. The van der Waals surface area contributed by atoms with Gasteiger partial charge in [-0.05, 0) is 60.4 Å². The molecule has 0 radical (unpaired) electrons. The van der Waals surface area contributed by atoms with E-state index in [1.54, 1.807) is 23.0 Å². The lowest BCUT2D eigenvalue weighted by molar-refractivity contribution is 0.0864. The highest BCUT2D eigenvalue weighted by atomic mass is 19.1. The number of aromatic nitrogens is 2. The maximum absolute atomic E-state index is 13.4. The number of carbonyl (C=O) groups excluding carboxylic acids is 1. The first-order valence-electron chi connectivity index (χ1n) is 11.1. The molecule has 0 saturated heterocycles. The molecule has 1 aromatic heterocycles. The lowest BCUT2D eigenvalue weighted by atomic mass is 9.70. The second-order valence-corrected chi connectivity index (χ2v) is 9.62. The molecule has 0 bridgehead atoms. The molecular formula is C26H30FN3O2. The molecule has 1 amide bonds. The van der Waals surface area contributed by atoms with Crippen LogP contribution in [0.2, 0.25) is 0 Å². The van der Waals surface area contributed by atoms with Gasteiger partial charge in [0.2, 0.25) is 0 Å². The van der Waals surface area contributed by atoms with Crippen LogP contribution < -0.4 is 10.1 Å². The first-order valence-corrected chi connectivity index (χ1v) is 11.1. The van der Waals surface area contributed by atoms with Crippen LogP contribution >= 0.6 is 0 Å². The van der Waals surface area contributed by atoms with Crippen LogP contribution in [0.4, 0.5) is 4.39 Å². The number of carbonyl (C=O) groups is 1. The molecule has 0 aliphatic heterocycles. The van der Waals surface area contributed by atoms with Gasteiger partial charge in [0.25, 0.3) is 5.91 Å². The van der Waals surface area contributed by atoms with Gasteiger partial charge in [0.1, 0.15) is 12.4 Å². The summed E-state index contributed by atoms with van der Waals surface area (Å²) >= 11 is 0. The van der Waals surface area contributed by atoms with Crippen LogP contribution in [0, 0.1) is 17.2 Å². The van der Waals surface area contributed by atoms with Crippen molar-refractivity contribution in [2.75, 3.05) is 0 Å². The fourth-order valence-corrected chi connectivity index (χ4v) is 4.79. The highest BCUT2D eigenvalue weighted by molar-refractivity contribution is 5.95. The van der Waals surface area contributed by atoms with Crippen LogP contribution in [0.25, 0.3) is 5.69 Å². The average molecular weight is 436 g/mol. The Balaban J connectivity index is 1.58. The van der Waals surface area contributed by atoms with E-state index in [1.165, 1.54) is 12.1 Å². The van der Waals surface area contributed by atoms with E-state index in [2.05, 4.69) is 31.2 Å². The summed E-state index contributed by atoms with van der Waals surface area (Å²) in [6.45, 7) is 7.06. The van der Waals surface area contributed by atoms with E-state index in [0.29, 0.717) is 24.0 Å². The van der Waals surface area contributed by atoms with Crippen molar-refractivity contribution in [3.8, 4) is 11.4 Å². The molecule has 5 nitrogen and oxygen atoms in total. The Bertz CT molecular complexity index is 1060. The number of ether oxygens (including phenoxy) is 1. The van der Waals surface area contributed by atoms with Crippen LogP contribution in [0.5, 0.6) is 5.75 Å². The normalized spacial score (nSPS) is 20.0. The molecule has 168 valence electrons. The summed E-state index contributed by atoms with van der Waals surface area (Å²) in [5, 5.41) is 7.68. The maximum Gasteiger partial charge on any atom is 0.275 e. The number of benzene rings is 2. The second kappa shape index (κ2) is 9.15. The van der Waals surface area contributed by atoms with Crippen molar-refractivity contribution in [2.24, 2.45) is 11.3 Å². The molecular weight excluding hydrogens is 405 g/mol. The standard InChI is InChI=1S/C26H30FN3O2/c1-18-13-21(15-26(2,3)14-18)28-25(31)24-23(32-17-19-7-5-4-6-8-19)16-30(29-24)22-11-9-20(27)10-12-22/h4-12,16,18,21H,13-15,17H2,1-3H3,(H,28,31). The van der Waals surface area contributed by atoms with Gasteiger partial charge < -0.3 is 10.1 Å². The van der Waals surface area contributed by atoms with E-state index in [9.17, 15) is 9.18 Å². The molecule has 1 saturated carbocycles. The third-order valence-corrected chi connectivity index (χ3v) is 5.95. The van der Waals surface area contributed by atoms with Crippen molar-refractivity contribution in [1.82, 2.24) is 15.1 Å². The molecule has 1 fully saturated rings. The van der Waals surface area contributed by atoms with Crippen molar-refractivity contribution in [2.45, 2.75) is 52.7 Å². The summed E-state index contributed by atoms with van der Waals surface area (Å²) in [4.78, 5) is 13.2. The Morgan fingerprint density at radius 2 is 1.88 bits per heavy atom. The highest BCUT2D eigenvalue weighted by Gasteiger charge is 2.33. The molecule has 1 aliphatic rings. The summed E-state index contributed by atoms with van der Waals surface area (Å²) in [6.07, 6.45) is 4.72. The number of hydrogen-bond acceptors (Lipinski definition) is 3. The average Bonchev–Trinajstić information content (AvgIpc) is 3.16. The molecule has 6 heteroatoms. The lowest BCUT2D eigenvalue weighted by Crippen LogP contribution is -2.43. The number of hydrogen-bond donors (Lipinski definition) is 1. The second-order valence-electron chi connectivity index (χ2n) is 9.62. The number of nitrogens with zero attached hydrogens (tertiary/aromatic N) is 2. The molecule has 1 heterocycles. The summed E-state index contributed by atoms with van der Waals surface area (Å²) in [7, 11) is 0. The highest BCUT2D eigenvalue weighted by Crippen LogP contribution is 2.38. The molecule has 2 atom stereocenters. The van der Waals surface area contributed by atoms with Gasteiger partial charge in [-0.25, -0.2) is 9.07 Å². The summed E-state index contributed by atoms with van der Waals surface area (Å²) < 4.78 is 20.9. The van der Waals surface area contributed by atoms with Crippen LogP contribution in [0.15, 0.2) is 60.8 Å². The van der Waals surface area contributed by atoms with Crippen LogP contribution in [-0.4, -0.2) is 21.7 Å². The fourth-order valence-electron chi connectivity index (χ4n) is 4.79. The molecule has 1 N–H and O–H groups in total. The zero-order valence-corrected chi connectivity index (χ0v) is 18.8. The van der Waals surface area contributed by atoms with Crippen LogP contribution in [-0.2, 0) is 6.61 Å². The van der Waals surface area contributed by atoms with Crippen LogP contribution in [0.3, 0.4) is 0 Å². The van der Waals surface area contributed by atoms with Crippen molar-refractivity contribution in [3.63, 3.8) is 0 Å². The largest absolute Gasteiger partial charge is 0.485 e. The first-order chi connectivity index (χ1) is 15.3. The smallest absolute Gasteiger partial charge is 0.275 e. The van der Waals surface area contributed by atoms with Crippen molar-refractivity contribution >= 4 is 5.91 Å². The Labute approximate surface area is 188 Å². The van der Waals surface area contributed by atoms with Gasteiger partial charge in [-0.3, -0.25) is 4.79 Å². The molecule has 2 aromatic carbocycles. The Kier molecular flexibility index (Phi) is 6.31. The van der Waals surface area contributed by atoms with Gasteiger partial charge in [0.15, 0.2) is 11.4 Å². The van der Waals surface area contributed by atoms with E-state index in [1.807, 2.05) is 30.3 Å².